The molecule has 2 aliphatic heterocycles. The standard InChI is InChI=1S/C20H24N4O3S/c1-13-14-12-16(25)23(9-10-27-3)17(14)22-19(21-13)20(2)7-5-8-24(20)18(26)15-6-4-11-28-15/h4,6,11H,5,7-10,12H2,1-3H3/t20-/m0/s1. The lowest BCUT2D eigenvalue weighted by molar-refractivity contribution is -0.117. The summed E-state index contributed by atoms with van der Waals surface area (Å²) in [6.07, 6.45) is 2.02. The molecule has 1 fully saturated rings. The lowest BCUT2D eigenvalue weighted by Gasteiger charge is -2.34. The first-order chi connectivity index (χ1) is 13.5. The van der Waals surface area contributed by atoms with Gasteiger partial charge in [-0.15, -0.1) is 11.3 Å². The van der Waals surface area contributed by atoms with Gasteiger partial charge in [0.25, 0.3) is 5.91 Å². The minimum Gasteiger partial charge on any atom is -0.383 e. The number of methoxy groups -OCH3 is 1. The van der Waals surface area contributed by atoms with E-state index in [1.54, 1.807) is 12.0 Å². The van der Waals surface area contributed by atoms with Gasteiger partial charge in [0.1, 0.15) is 11.4 Å². The third-order valence-corrected chi connectivity index (χ3v) is 6.55. The molecule has 0 spiro atoms. The van der Waals surface area contributed by atoms with Gasteiger partial charge in [0, 0.05) is 24.9 Å². The summed E-state index contributed by atoms with van der Waals surface area (Å²) < 4.78 is 5.15. The van der Waals surface area contributed by atoms with Crippen molar-refractivity contribution in [3.63, 3.8) is 0 Å². The molecule has 0 aliphatic carbocycles. The van der Waals surface area contributed by atoms with Gasteiger partial charge in [-0.25, -0.2) is 9.97 Å². The van der Waals surface area contributed by atoms with E-state index in [1.807, 2.05) is 36.3 Å². The molecule has 4 rings (SSSR count). The highest BCUT2D eigenvalue weighted by molar-refractivity contribution is 7.12. The Bertz CT molecular complexity index is 914. The Hall–Kier alpha value is -2.32. The Kier molecular flexibility index (Phi) is 4.93. The number of carbonyl (C=O) groups is 2. The van der Waals surface area contributed by atoms with Crippen LogP contribution in [0.4, 0.5) is 5.82 Å². The van der Waals surface area contributed by atoms with Crippen LogP contribution in [0, 0.1) is 6.92 Å². The number of thiophene rings is 1. The van der Waals surface area contributed by atoms with Crippen molar-refractivity contribution >= 4 is 29.0 Å². The van der Waals surface area contributed by atoms with Crippen LogP contribution < -0.4 is 4.90 Å². The molecule has 28 heavy (non-hydrogen) atoms. The molecule has 2 aromatic heterocycles. The second-order valence-electron chi connectivity index (χ2n) is 7.46. The summed E-state index contributed by atoms with van der Waals surface area (Å²) in [5.74, 6) is 1.32. The fourth-order valence-electron chi connectivity index (χ4n) is 4.08. The third kappa shape index (κ3) is 3.00. The summed E-state index contributed by atoms with van der Waals surface area (Å²) in [5.41, 5.74) is 1.10. The zero-order valence-corrected chi connectivity index (χ0v) is 17.2. The van der Waals surface area contributed by atoms with Crippen LogP contribution in [-0.2, 0) is 21.5 Å². The first-order valence-corrected chi connectivity index (χ1v) is 10.4. The quantitative estimate of drug-likeness (QED) is 0.771. The molecule has 2 amide bonds. The molecule has 0 saturated carbocycles. The molecule has 0 bridgehead atoms. The Labute approximate surface area is 168 Å². The summed E-state index contributed by atoms with van der Waals surface area (Å²) in [4.78, 5) is 39.4. The molecule has 0 unspecified atom stereocenters. The smallest absolute Gasteiger partial charge is 0.264 e. The van der Waals surface area contributed by atoms with Crippen molar-refractivity contribution in [3.8, 4) is 0 Å². The summed E-state index contributed by atoms with van der Waals surface area (Å²) in [6.45, 7) is 5.54. The van der Waals surface area contributed by atoms with Crippen molar-refractivity contribution < 1.29 is 14.3 Å². The van der Waals surface area contributed by atoms with E-state index in [0.717, 1.165) is 29.0 Å². The van der Waals surface area contributed by atoms with E-state index in [-0.39, 0.29) is 11.8 Å². The number of likely N-dealkylation sites (tertiary alicyclic amines) is 1. The number of ether oxygens (including phenoxy) is 1. The average molecular weight is 401 g/mol. The summed E-state index contributed by atoms with van der Waals surface area (Å²) in [6, 6.07) is 3.74. The number of carbonyl (C=O) groups excluding carboxylic acids is 2. The number of rotatable bonds is 5. The van der Waals surface area contributed by atoms with Gasteiger partial charge in [-0.1, -0.05) is 6.07 Å². The molecule has 0 radical (unpaired) electrons. The Balaban J connectivity index is 1.73. The lowest BCUT2D eigenvalue weighted by atomic mass is 9.96. The second-order valence-corrected chi connectivity index (χ2v) is 8.41. The van der Waals surface area contributed by atoms with Crippen LogP contribution in [-0.4, -0.2) is 53.5 Å². The van der Waals surface area contributed by atoms with Crippen molar-refractivity contribution in [2.75, 3.05) is 31.7 Å². The highest BCUT2D eigenvalue weighted by Crippen LogP contribution is 2.40. The van der Waals surface area contributed by atoms with Crippen LogP contribution in [0.2, 0.25) is 0 Å². The molecule has 2 aliphatic rings. The molecule has 7 nitrogen and oxygen atoms in total. The van der Waals surface area contributed by atoms with E-state index < -0.39 is 5.54 Å². The maximum Gasteiger partial charge on any atom is 0.264 e. The van der Waals surface area contributed by atoms with Crippen LogP contribution in [0.25, 0.3) is 0 Å². The number of fused-ring (bicyclic) bond motifs is 1. The number of aryl methyl sites for hydroxylation is 1. The van der Waals surface area contributed by atoms with Gasteiger partial charge < -0.3 is 9.64 Å². The van der Waals surface area contributed by atoms with Gasteiger partial charge in [0.05, 0.1) is 24.4 Å². The predicted molar refractivity (Wildman–Crippen MR) is 107 cm³/mol. The normalized spacial score (nSPS) is 21.5. The van der Waals surface area contributed by atoms with E-state index in [0.29, 0.717) is 37.8 Å². The van der Waals surface area contributed by atoms with E-state index >= 15 is 0 Å². The first-order valence-electron chi connectivity index (χ1n) is 9.48. The Morgan fingerprint density at radius 3 is 2.93 bits per heavy atom. The van der Waals surface area contributed by atoms with E-state index in [1.165, 1.54) is 11.3 Å². The predicted octanol–water partition coefficient (Wildman–Crippen LogP) is 2.53. The van der Waals surface area contributed by atoms with Crippen molar-refractivity contribution in [2.45, 2.75) is 38.6 Å². The van der Waals surface area contributed by atoms with E-state index in [2.05, 4.69) is 0 Å². The average Bonchev–Trinajstić information content (AvgIpc) is 3.39. The molecule has 2 aromatic rings. The zero-order valence-electron chi connectivity index (χ0n) is 16.4. The molecule has 148 valence electrons. The summed E-state index contributed by atoms with van der Waals surface area (Å²) >= 11 is 1.45. The number of hydrogen-bond acceptors (Lipinski definition) is 6. The summed E-state index contributed by atoms with van der Waals surface area (Å²) in [7, 11) is 1.62. The first kappa shape index (κ1) is 19.0. The van der Waals surface area contributed by atoms with Gasteiger partial charge in [0.2, 0.25) is 5.91 Å². The van der Waals surface area contributed by atoms with Gasteiger partial charge in [-0.3, -0.25) is 14.5 Å². The topological polar surface area (TPSA) is 75.6 Å². The fraction of sp³-hybridized carbons (Fsp3) is 0.500. The highest BCUT2D eigenvalue weighted by Gasteiger charge is 2.45. The molecule has 1 atom stereocenters. The van der Waals surface area contributed by atoms with Crippen molar-refractivity contribution in [2.24, 2.45) is 0 Å². The third-order valence-electron chi connectivity index (χ3n) is 5.70. The minimum absolute atomic E-state index is 0.0177. The van der Waals surface area contributed by atoms with Crippen molar-refractivity contribution in [3.05, 3.63) is 39.5 Å². The molecular weight excluding hydrogens is 376 g/mol. The number of aromatic nitrogens is 2. The van der Waals surface area contributed by atoms with E-state index in [9.17, 15) is 9.59 Å². The van der Waals surface area contributed by atoms with Crippen molar-refractivity contribution in [1.29, 1.82) is 0 Å². The fourth-order valence-corrected chi connectivity index (χ4v) is 4.76. The maximum absolute atomic E-state index is 13.1. The zero-order chi connectivity index (χ0) is 19.9. The Morgan fingerprint density at radius 2 is 2.21 bits per heavy atom. The molecule has 0 N–H and O–H groups in total. The number of hydrogen-bond donors (Lipinski definition) is 0. The van der Waals surface area contributed by atoms with Crippen LogP contribution >= 0.6 is 11.3 Å². The largest absolute Gasteiger partial charge is 0.383 e. The Morgan fingerprint density at radius 1 is 1.39 bits per heavy atom. The van der Waals surface area contributed by atoms with Gasteiger partial charge >= 0.3 is 0 Å². The van der Waals surface area contributed by atoms with Crippen molar-refractivity contribution in [1.82, 2.24) is 14.9 Å². The second kappa shape index (κ2) is 7.25. The van der Waals surface area contributed by atoms with Gasteiger partial charge in [-0.2, -0.15) is 0 Å². The number of amides is 2. The molecular formula is C20H24N4O3S. The molecule has 8 heteroatoms. The molecule has 4 heterocycles. The highest BCUT2D eigenvalue weighted by atomic mass is 32.1. The van der Waals surface area contributed by atoms with Crippen LogP contribution in [0.1, 0.15) is 46.5 Å². The summed E-state index contributed by atoms with van der Waals surface area (Å²) in [5, 5.41) is 1.91. The molecule has 0 aromatic carbocycles. The van der Waals surface area contributed by atoms with Crippen LogP contribution in [0.3, 0.4) is 0 Å². The molecule has 1 saturated heterocycles. The monoisotopic (exact) mass is 400 g/mol. The minimum atomic E-state index is -0.584. The maximum atomic E-state index is 13.1. The van der Waals surface area contributed by atoms with Crippen LogP contribution in [0.15, 0.2) is 17.5 Å². The number of anilines is 1. The lowest BCUT2D eigenvalue weighted by Crippen LogP contribution is -2.44. The van der Waals surface area contributed by atoms with E-state index in [4.69, 9.17) is 14.7 Å². The number of nitrogens with zero attached hydrogens (tertiary/aromatic N) is 4. The van der Waals surface area contributed by atoms with Crippen LogP contribution in [0.5, 0.6) is 0 Å². The van der Waals surface area contributed by atoms with Gasteiger partial charge in [0.15, 0.2) is 5.82 Å². The van der Waals surface area contributed by atoms with Gasteiger partial charge in [-0.05, 0) is 38.1 Å². The SMILES string of the molecule is COCCN1C(=O)Cc2c(C)nc([C@]3(C)CCCN3C(=O)c3cccs3)nc21.